The van der Waals surface area contributed by atoms with Gasteiger partial charge in [-0.15, -0.1) is 5.10 Å². The van der Waals surface area contributed by atoms with E-state index in [1.807, 2.05) is 4.68 Å². The Bertz CT molecular complexity index is 780. The third-order valence-corrected chi connectivity index (χ3v) is 6.42. The van der Waals surface area contributed by atoms with Gasteiger partial charge in [-0.05, 0) is 66.2 Å². The second-order valence-corrected chi connectivity index (χ2v) is 8.92. The van der Waals surface area contributed by atoms with Gasteiger partial charge < -0.3 is 5.32 Å². The van der Waals surface area contributed by atoms with E-state index in [1.54, 1.807) is 0 Å². The van der Waals surface area contributed by atoms with Gasteiger partial charge in [0.1, 0.15) is 0 Å². The first-order valence-electron chi connectivity index (χ1n) is 10.1. The summed E-state index contributed by atoms with van der Waals surface area (Å²) in [6, 6.07) is 9.01. The zero-order valence-corrected chi connectivity index (χ0v) is 17.2. The first-order valence-corrected chi connectivity index (χ1v) is 11.1. The van der Waals surface area contributed by atoms with Crippen molar-refractivity contribution in [3.05, 3.63) is 35.4 Å². The highest BCUT2D eigenvalue weighted by Gasteiger charge is 2.28. The second-order valence-electron chi connectivity index (χ2n) is 7.98. The zero-order valence-electron chi connectivity index (χ0n) is 16.4. The molecule has 28 heavy (non-hydrogen) atoms. The van der Waals surface area contributed by atoms with Crippen LogP contribution in [0.3, 0.4) is 0 Å². The van der Waals surface area contributed by atoms with Gasteiger partial charge in [-0.25, -0.2) is 4.68 Å². The van der Waals surface area contributed by atoms with Crippen molar-refractivity contribution in [2.24, 2.45) is 5.92 Å². The third kappa shape index (κ3) is 5.32. The van der Waals surface area contributed by atoms with Crippen LogP contribution in [0.5, 0.6) is 0 Å². The predicted octanol–water partition coefficient (Wildman–Crippen LogP) is 2.65. The number of nitrogens with one attached hydrogen (secondary N) is 1. The van der Waals surface area contributed by atoms with E-state index < -0.39 is 0 Å². The van der Waals surface area contributed by atoms with Crippen molar-refractivity contribution in [3.63, 3.8) is 0 Å². The minimum atomic E-state index is 0.00172. The van der Waals surface area contributed by atoms with Gasteiger partial charge in [0.05, 0.1) is 11.8 Å². The number of benzene rings is 1. The molecule has 8 heteroatoms. The molecule has 0 atom stereocenters. The number of rotatable bonds is 8. The molecule has 2 fully saturated rings. The molecule has 4 rings (SSSR count). The zero-order chi connectivity index (χ0) is 19.3. The van der Waals surface area contributed by atoms with Gasteiger partial charge in [0.15, 0.2) is 0 Å². The van der Waals surface area contributed by atoms with E-state index in [-0.39, 0.29) is 5.91 Å². The summed E-state index contributed by atoms with van der Waals surface area (Å²) in [5.41, 5.74) is 2.46. The number of amides is 1. The molecule has 1 aromatic heterocycles. The van der Waals surface area contributed by atoms with Crippen LogP contribution in [-0.2, 0) is 17.9 Å². The van der Waals surface area contributed by atoms with Gasteiger partial charge in [0.25, 0.3) is 0 Å². The molecule has 1 N–H and O–H groups in total. The van der Waals surface area contributed by atoms with E-state index in [1.165, 1.54) is 43.3 Å². The highest BCUT2D eigenvalue weighted by Crippen LogP contribution is 2.36. The molecule has 1 aliphatic carbocycles. The van der Waals surface area contributed by atoms with Gasteiger partial charge in [0, 0.05) is 13.1 Å². The summed E-state index contributed by atoms with van der Waals surface area (Å²) in [5.74, 6) is 1.20. The van der Waals surface area contributed by atoms with E-state index in [0.717, 1.165) is 36.0 Å². The van der Waals surface area contributed by atoms with E-state index in [0.29, 0.717) is 18.3 Å². The smallest absolute Gasteiger partial charge is 0.230 e. The standard InChI is InChI=1S/C20H28N6OS/c1-15-8-10-25(11-9-15)13-17-4-2-16(3-5-17)12-21-19(27)14-28-20-22-23-24-26(20)18-6-7-18/h2-5,15,18H,6-14H2,1H3,(H,21,27). The molecule has 1 aromatic carbocycles. The SMILES string of the molecule is CC1CCN(Cc2ccc(CNC(=O)CSc3nnnn3C3CC3)cc2)CC1. The summed E-state index contributed by atoms with van der Waals surface area (Å²) in [6.07, 6.45) is 4.85. The quantitative estimate of drug-likeness (QED) is 0.687. The Kier molecular flexibility index (Phi) is 6.26. The highest BCUT2D eigenvalue weighted by atomic mass is 32.2. The van der Waals surface area contributed by atoms with Crippen molar-refractivity contribution in [2.45, 2.75) is 56.9 Å². The number of nitrogens with zero attached hydrogens (tertiary/aromatic N) is 5. The Morgan fingerprint density at radius 2 is 1.86 bits per heavy atom. The fraction of sp³-hybridized carbons (Fsp3) is 0.600. The fourth-order valence-electron chi connectivity index (χ4n) is 3.45. The first-order chi connectivity index (χ1) is 13.7. The maximum atomic E-state index is 12.1. The molecule has 0 unspecified atom stereocenters. The average Bonchev–Trinajstić information content (AvgIpc) is 3.45. The van der Waals surface area contributed by atoms with Gasteiger partial charge in [-0.2, -0.15) is 0 Å². The van der Waals surface area contributed by atoms with Crippen molar-refractivity contribution in [1.29, 1.82) is 0 Å². The Morgan fingerprint density at radius 1 is 1.14 bits per heavy atom. The topological polar surface area (TPSA) is 75.9 Å². The number of tetrazole rings is 1. The lowest BCUT2D eigenvalue weighted by molar-refractivity contribution is -0.118. The Hall–Kier alpha value is -1.93. The molecule has 0 spiro atoms. The van der Waals surface area contributed by atoms with Crippen LogP contribution in [0.4, 0.5) is 0 Å². The number of carbonyl (C=O) groups excluding carboxylic acids is 1. The van der Waals surface area contributed by atoms with Crippen LogP contribution in [0.1, 0.15) is 49.8 Å². The van der Waals surface area contributed by atoms with E-state index >= 15 is 0 Å². The predicted molar refractivity (Wildman–Crippen MR) is 109 cm³/mol. The van der Waals surface area contributed by atoms with Gasteiger partial charge in [-0.1, -0.05) is 43.0 Å². The summed E-state index contributed by atoms with van der Waals surface area (Å²) in [6.45, 7) is 6.30. The first kappa shape index (κ1) is 19.4. The van der Waals surface area contributed by atoms with Crippen molar-refractivity contribution < 1.29 is 4.79 Å². The number of aromatic nitrogens is 4. The van der Waals surface area contributed by atoms with Gasteiger partial charge >= 0.3 is 0 Å². The summed E-state index contributed by atoms with van der Waals surface area (Å²) in [5, 5.41) is 15.4. The van der Waals surface area contributed by atoms with Crippen molar-refractivity contribution in [2.75, 3.05) is 18.8 Å². The minimum Gasteiger partial charge on any atom is -0.351 e. The Morgan fingerprint density at radius 3 is 2.57 bits per heavy atom. The van der Waals surface area contributed by atoms with Crippen LogP contribution in [0.2, 0.25) is 0 Å². The van der Waals surface area contributed by atoms with Crippen molar-refractivity contribution >= 4 is 17.7 Å². The van der Waals surface area contributed by atoms with Crippen LogP contribution >= 0.6 is 11.8 Å². The monoisotopic (exact) mass is 400 g/mol. The average molecular weight is 401 g/mol. The number of hydrogen-bond acceptors (Lipinski definition) is 6. The summed E-state index contributed by atoms with van der Waals surface area (Å²) < 4.78 is 1.83. The molecule has 1 amide bonds. The van der Waals surface area contributed by atoms with Crippen LogP contribution < -0.4 is 5.32 Å². The fourth-order valence-corrected chi connectivity index (χ4v) is 4.23. The lowest BCUT2D eigenvalue weighted by Gasteiger charge is -2.30. The highest BCUT2D eigenvalue weighted by molar-refractivity contribution is 7.99. The number of carbonyl (C=O) groups is 1. The molecule has 1 saturated heterocycles. The molecule has 2 aromatic rings. The molecule has 2 heterocycles. The maximum Gasteiger partial charge on any atom is 0.230 e. The number of likely N-dealkylation sites (tertiary alicyclic amines) is 1. The third-order valence-electron chi connectivity index (χ3n) is 5.48. The van der Waals surface area contributed by atoms with Crippen molar-refractivity contribution in [3.8, 4) is 0 Å². The number of hydrogen-bond donors (Lipinski definition) is 1. The Balaban J connectivity index is 1.19. The lowest BCUT2D eigenvalue weighted by atomic mass is 9.99. The molecule has 1 saturated carbocycles. The van der Waals surface area contributed by atoms with Crippen LogP contribution in [0, 0.1) is 5.92 Å². The summed E-state index contributed by atoms with van der Waals surface area (Å²) in [4.78, 5) is 14.7. The number of piperidine rings is 1. The van der Waals surface area contributed by atoms with Gasteiger partial charge in [-0.3, -0.25) is 9.69 Å². The molecule has 0 radical (unpaired) electrons. The molecule has 2 aliphatic rings. The molecule has 7 nitrogen and oxygen atoms in total. The summed E-state index contributed by atoms with van der Waals surface area (Å²) in [7, 11) is 0. The second kappa shape index (κ2) is 9.05. The molecule has 1 aliphatic heterocycles. The number of thioether (sulfide) groups is 1. The molecular formula is C20H28N6OS. The molecule has 0 bridgehead atoms. The molecule has 150 valence electrons. The van der Waals surface area contributed by atoms with E-state index in [4.69, 9.17) is 0 Å². The normalized spacial score (nSPS) is 18.3. The van der Waals surface area contributed by atoms with E-state index in [2.05, 4.69) is 56.9 Å². The summed E-state index contributed by atoms with van der Waals surface area (Å²) >= 11 is 1.40. The van der Waals surface area contributed by atoms with Crippen molar-refractivity contribution in [1.82, 2.24) is 30.4 Å². The largest absolute Gasteiger partial charge is 0.351 e. The van der Waals surface area contributed by atoms with Crippen LogP contribution in [0.15, 0.2) is 29.4 Å². The van der Waals surface area contributed by atoms with E-state index in [9.17, 15) is 4.79 Å². The Labute approximate surface area is 170 Å². The van der Waals surface area contributed by atoms with Gasteiger partial charge in [0.2, 0.25) is 11.1 Å². The maximum absolute atomic E-state index is 12.1. The van der Waals surface area contributed by atoms with Crippen LogP contribution in [0.25, 0.3) is 0 Å². The molecular weight excluding hydrogens is 372 g/mol. The van der Waals surface area contributed by atoms with Crippen LogP contribution in [-0.4, -0.2) is 49.9 Å². The minimum absolute atomic E-state index is 0.00172. The lowest BCUT2D eigenvalue weighted by Crippen LogP contribution is -2.32.